The molecule has 0 radical (unpaired) electrons. The Morgan fingerprint density at radius 3 is 2.67 bits per heavy atom. The zero-order chi connectivity index (χ0) is 21.1. The van der Waals surface area contributed by atoms with E-state index in [-0.39, 0.29) is 37.0 Å². The molecular weight excluding hydrogens is 400 g/mol. The topological polar surface area (TPSA) is 59.1 Å². The molecule has 160 valence electrons. The second-order valence-corrected chi connectivity index (χ2v) is 8.96. The van der Waals surface area contributed by atoms with Crippen molar-refractivity contribution in [3.63, 3.8) is 0 Å². The van der Waals surface area contributed by atoms with Gasteiger partial charge >= 0.3 is 0 Å². The van der Waals surface area contributed by atoms with E-state index < -0.39 is 0 Å². The van der Waals surface area contributed by atoms with E-state index in [0.29, 0.717) is 13.2 Å². The summed E-state index contributed by atoms with van der Waals surface area (Å²) >= 11 is 1.73. The summed E-state index contributed by atoms with van der Waals surface area (Å²) in [6.45, 7) is 3.20. The number of fused-ring (bicyclic) bond motifs is 1. The molecule has 0 bridgehead atoms. The van der Waals surface area contributed by atoms with Crippen molar-refractivity contribution < 1.29 is 19.1 Å². The fraction of sp³-hybridized carbons (Fsp3) is 0.478. The molecule has 1 fully saturated rings. The van der Waals surface area contributed by atoms with Crippen LogP contribution in [0.2, 0.25) is 0 Å². The van der Waals surface area contributed by atoms with Crippen molar-refractivity contribution in [3.8, 4) is 5.75 Å². The van der Waals surface area contributed by atoms with E-state index in [0.717, 1.165) is 30.6 Å². The first-order valence-electron chi connectivity index (χ1n) is 10.4. The largest absolute Gasteiger partial charge is 0.491 e. The van der Waals surface area contributed by atoms with Crippen LogP contribution in [0.4, 0.5) is 0 Å². The number of thiophene rings is 1. The van der Waals surface area contributed by atoms with Gasteiger partial charge in [-0.25, -0.2) is 0 Å². The Kier molecular flexibility index (Phi) is 6.39. The molecule has 0 saturated heterocycles. The van der Waals surface area contributed by atoms with Crippen LogP contribution in [-0.2, 0) is 20.7 Å². The summed E-state index contributed by atoms with van der Waals surface area (Å²) in [6.07, 6.45) is 2.75. The maximum atomic E-state index is 13.3. The van der Waals surface area contributed by atoms with Crippen molar-refractivity contribution in [2.24, 2.45) is 0 Å². The molecule has 2 heterocycles. The van der Waals surface area contributed by atoms with Gasteiger partial charge in [0.05, 0.1) is 6.04 Å². The number of methoxy groups -OCH3 is 1. The smallest absolute Gasteiger partial charge is 0.249 e. The fourth-order valence-corrected chi connectivity index (χ4v) is 4.86. The van der Waals surface area contributed by atoms with Gasteiger partial charge in [0.25, 0.3) is 0 Å². The predicted octanol–water partition coefficient (Wildman–Crippen LogP) is 3.20. The lowest BCUT2D eigenvalue weighted by molar-refractivity contribution is -0.145. The number of benzene rings is 1. The Balaban J connectivity index is 1.49. The second-order valence-electron chi connectivity index (χ2n) is 7.96. The first kappa shape index (κ1) is 20.9. The molecule has 4 rings (SSSR count). The highest BCUT2D eigenvalue weighted by molar-refractivity contribution is 7.10. The lowest BCUT2D eigenvalue weighted by Crippen LogP contribution is -2.49. The predicted molar refractivity (Wildman–Crippen MR) is 116 cm³/mol. The molecule has 0 spiro atoms. The summed E-state index contributed by atoms with van der Waals surface area (Å²) in [6, 6.07) is 10.1. The van der Waals surface area contributed by atoms with Crippen molar-refractivity contribution >= 4 is 23.2 Å². The van der Waals surface area contributed by atoms with Gasteiger partial charge in [-0.15, -0.1) is 11.3 Å². The maximum absolute atomic E-state index is 13.3. The molecular formula is C23H28N2O4S. The van der Waals surface area contributed by atoms with Crippen LogP contribution in [0.3, 0.4) is 0 Å². The Bertz CT molecular complexity index is 891. The highest BCUT2D eigenvalue weighted by atomic mass is 32.1. The molecule has 30 heavy (non-hydrogen) atoms. The number of nitrogens with zero attached hydrogens (tertiary/aromatic N) is 2. The van der Waals surface area contributed by atoms with Gasteiger partial charge in [0.2, 0.25) is 11.8 Å². The van der Waals surface area contributed by atoms with Gasteiger partial charge in [0.15, 0.2) is 0 Å². The van der Waals surface area contributed by atoms with E-state index in [1.807, 2.05) is 36.1 Å². The first-order valence-corrected chi connectivity index (χ1v) is 11.3. The zero-order valence-corrected chi connectivity index (χ0v) is 18.3. The van der Waals surface area contributed by atoms with Crippen molar-refractivity contribution in [1.29, 1.82) is 0 Å². The van der Waals surface area contributed by atoms with Crippen LogP contribution >= 0.6 is 11.3 Å². The molecule has 1 aliphatic carbocycles. The van der Waals surface area contributed by atoms with E-state index in [4.69, 9.17) is 9.47 Å². The third-order valence-electron chi connectivity index (χ3n) is 5.73. The van der Waals surface area contributed by atoms with Crippen LogP contribution in [0.25, 0.3) is 0 Å². The molecule has 2 aliphatic rings. The van der Waals surface area contributed by atoms with Crippen LogP contribution in [0.5, 0.6) is 5.75 Å². The van der Waals surface area contributed by atoms with Crippen molar-refractivity contribution in [3.05, 3.63) is 51.7 Å². The minimum atomic E-state index is -0.146. The van der Waals surface area contributed by atoms with Crippen molar-refractivity contribution in [2.45, 2.75) is 38.3 Å². The third kappa shape index (κ3) is 4.68. The molecule has 1 unspecified atom stereocenters. The van der Waals surface area contributed by atoms with Crippen LogP contribution in [0.1, 0.15) is 34.9 Å². The number of carbonyl (C=O) groups is 2. The molecule has 1 aliphatic heterocycles. The van der Waals surface area contributed by atoms with E-state index >= 15 is 0 Å². The molecule has 1 atom stereocenters. The number of hydrogen-bond acceptors (Lipinski definition) is 5. The molecule has 1 saturated carbocycles. The lowest BCUT2D eigenvalue weighted by atomic mass is 10.0. The number of carbonyl (C=O) groups excluding carboxylic acids is 2. The molecule has 1 aromatic heterocycles. The summed E-state index contributed by atoms with van der Waals surface area (Å²) in [4.78, 5) is 30.6. The quantitative estimate of drug-likeness (QED) is 0.648. The van der Waals surface area contributed by atoms with Gasteiger partial charge in [0, 0.05) is 24.6 Å². The third-order valence-corrected chi connectivity index (χ3v) is 6.72. The average Bonchev–Trinajstić information content (AvgIpc) is 3.47. The minimum absolute atomic E-state index is 0.0123. The summed E-state index contributed by atoms with van der Waals surface area (Å²) < 4.78 is 11.1. The first-order chi connectivity index (χ1) is 14.6. The fourth-order valence-electron chi connectivity index (χ4n) is 3.93. The number of rotatable bonds is 8. The highest BCUT2D eigenvalue weighted by Gasteiger charge is 2.37. The molecule has 7 heteroatoms. The van der Waals surface area contributed by atoms with Gasteiger partial charge in [-0.3, -0.25) is 9.59 Å². The maximum Gasteiger partial charge on any atom is 0.249 e. The highest BCUT2D eigenvalue weighted by Crippen LogP contribution is 2.34. The second kappa shape index (κ2) is 9.18. The minimum Gasteiger partial charge on any atom is -0.491 e. The molecule has 2 aromatic rings. The summed E-state index contributed by atoms with van der Waals surface area (Å²) in [5, 5.41) is 2.08. The van der Waals surface area contributed by atoms with Crippen LogP contribution in [0, 0.1) is 6.92 Å². The average molecular weight is 429 g/mol. The Morgan fingerprint density at radius 1 is 1.20 bits per heavy atom. The van der Waals surface area contributed by atoms with E-state index in [9.17, 15) is 9.59 Å². The lowest BCUT2D eigenvalue weighted by Gasteiger charge is -2.37. The monoisotopic (exact) mass is 428 g/mol. The van der Waals surface area contributed by atoms with Gasteiger partial charge in [-0.05, 0) is 55.3 Å². The summed E-state index contributed by atoms with van der Waals surface area (Å²) in [5.41, 5.74) is 2.34. The Labute approximate surface area is 181 Å². The van der Waals surface area contributed by atoms with E-state index in [1.165, 1.54) is 17.6 Å². The Morgan fingerprint density at radius 2 is 1.97 bits per heavy atom. The van der Waals surface area contributed by atoms with Gasteiger partial charge in [-0.2, -0.15) is 0 Å². The molecule has 6 nitrogen and oxygen atoms in total. The molecule has 2 amide bonds. The van der Waals surface area contributed by atoms with Gasteiger partial charge in [0.1, 0.15) is 25.5 Å². The van der Waals surface area contributed by atoms with E-state index in [1.54, 1.807) is 16.2 Å². The van der Waals surface area contributed by atoms with Crippen molar-refractivity contribution in [1.82, 2.24) is 9.80 Å². The van der Waals surface area contributed by atoms with Crippen molar-refractivity contribution in [2.75, 3.05) is 33.4 Å². The van der Waals surface area contributed by atoms with Gasteiger partial charge in [-0.1, -0.05) is 17.7 Å². The number of amides is 2. The SMILES string of the molecule is COCC(=O)N(CC(=O)N1CCc2sccc2C1COc1ccc(C)cc1)C1CC1. The summed E-state index contributed by atoms with van der Waals surface area (Å²) in [5.74, 6) is 0.653. The summed E-state index contributed by atoms with van der Waals surface area (Å²) in [7, 11) is 1.51. The Hall–Kier alpha value is -2.38. The van der Waals surface area contributed by atoms with Crippen LogP contribution < -0.4 is 4.74 Å². The van der Waals surface area contributed by atoms with E-state index in [2.05, 4.69) is 11.4 Å². The number of aryl methyl sites for hydroxylation is 1. The van der Waals surface area contributed by atoms with Crippen LogP contribution in [0.15, 0.2) is 35.7 Å². The number of ether oxygens (including phenoxy) is 2. The van der Waals surface area contributed by atoms with Crippen LogP contribution in [-0.4, -0.2) is 61.1 Å². The molecule has 1 aromatic carbocycles. The standard InChI is InChI=1S/C23H28N2O4S/c1-16-3-7-18(8-4-16)29-14-20-19-10-12-30-21(19)9-11-24(20)22(26)13-25(17-5-6-17)23(27)15-28-2/h3-4,7-8,10,12,17,20H,5-6,9,11,13-15H2,1-2H3. The number of hydrogen-bond donors (Lipinski definition) is 0. The normalized spacial score (nSPS) is 18.1. The molecule has 0 N–H and O–H groups in total. The van der Waals surface area contributed by atoms with Gasteiger partial charge < -0.3 is 19.3 Å². The zero-order valence-electron chi connectivity index (χ0n) is 17.5.